The number of hydrogen-bond acceptors (Lipinski definition) is 3. The molecule has 2 aromatic carbocycles. The second kappa shape index (κ2) is 6.57. The lowest BCUT2D eigenvalue weighted by molar-refractivity contribution is -0.384. The highest BCUT2D eigenvalue weighted by Gasteiger charge is 2.05. The number of carbonyl (C=O) groups excluding carboxylic acids is 1. The summed E-state index contributed by atoms with van der Waals surface area (Å²) in [6.07, 6.45) is 2.63. The standard InChI is InChI=1S/C15H10F2N2O3/c16-13-7-4-11(9-14(13)17)18-15(20)8-3-10-1-5-12(6-2-10)19(21)22/h1-9H,(H,18,20)/b8-3+. The van der Waals surface area contributed by atoms with Crippen molar-refractivity contribution in [1.29, 1.82) is 0 Å². The summed E-state index contributed by atoms with van der Waals surface area (Å²) in [4.78, 5) is 21.6. The number of amides is 1. The van der Waals surface area contributed by atoms with E-state index >= 15 is 0 Å². The van der Waals surface area contributed by atoms with E-state index < -0.39 is 22.5 Å². The molecule has 112 valence electrons. The monoisotopic (exact) mass is 304 g/mol. The number of rotatable bonds is 4. The van der Waals surface area contributed by atoms with Gasteiger partial charge in [-0.3, -0.25) is 14.9 Å². The van der Waals surface area contributed by atoms with Crippen LogP contribution in [0.1, 0.15) is 5.56 Å². The summed E-state index contributed by atoms with van der Waals surface area (Å²) in [7, 11) is 0. The van der Waals surface area contributed by atoms with Gasteiger partial charge in [-0.05, 0) is 35.9 Å². The van der Waals surface area contributed by atoms with Crippen molar-refractivity contribution in [3.05, 3.63) is 75.9 Å². The van der Waals surface area contributed by atoms with Crippen molar-refractivity contribution < 1.29 is 18.5 Å². The first-order valence-electron chi connectivity index (χ1n) is 6.14. The molecule has 2 rings (SSSR count). The zero-order valence-corrected chi connectivity index (χ0v) is 11.1. The molecular weight excluding hydrogens is 294 g/mol. The number of halogens is 2. The van der Waals surface area contributed by atoms with Crippen molar-refractivity contribution in [3.8, 4) is 0 Å². The van der Waals surface area contributed by atoms with Crippen molar-refractivity contribution >= 4 is 23.4 Å². The Morgan fingerprint density at radius 2 is 1.77 bits per heavy atom. The third-order valence-corrected chi connectivity index (χ3v) is 2.72. The fraction of sp³-hybridized carbons (Fsp3) is 0. The van der Waals surface area contributed by atoms with Gasteiger partial charge in [0.1, 0.15) is 0 Å². The van der Waals surface area contributed by atoms with Gasteiger partial charge in [-0.15, -0.1) is 0 Å². The largest absolute Gasteiger partial charge is 0.322 e. The van der Waals surface area contributed by atoms with E-state index in [2.05, 4.69) is 5.32 Å². The molecule has 7 heteroatoms. The summed E-state index contributed by atoms with van der Waals surface area (Å²) < 4.78 is 25.7. The van der Waals surface area contributed by atoms with Crippen LogP contribution >= 0.6 is 0 Å². The molecule has 0 aliphatic carbocycles. The Morgan fingerprint density at radius 3 is 2.36 bits per heavy atom. The minimum atomic E-state index is -1.06. The molecule has 0 spiro atoms. The van der Waals surface area contributed by atoms with Gasteiger partial charge in [-0.1, -0.05) is 0 Å². The number of benzene rings is 2. The molecule has 0 fully saturated rings. The molecule has 0 bridgehead atoms. The van der Waals surface area contributed by atoms with Crippen LogP contribution in [0.25, 0.3) is 6.08 Å². The van der Waals surface area contributed by atoms with Crippen molar-refractivity contribution in [1.82, 2.24) is 0 Å². The number of non-ortho nitro benzene ring substituents is 1. The molecule has 0 radical (unpaired) electrons. The molecule has 0 aliphatic rings. The van der Waals surface area contributed by atoms with E-state index in [4.69, 9.17) is 0 Å². The van der Waals surface area contributed by atoms with Crippen LogP contribution in [0.5, 0.6) is 0 Å². The molecule has 0 aromatic heterocycles. The van der Waals surface area contributed by atoms with Crippen molar-refractivity contribution in [2.45, 2.75) is 0 Å². The Kier molecular flexibility index (Phi) is 4.57. The van der Waals surface area contributed by atoms with Crippen LogP contribution in [0.2, 0.25) is 0 Å². The summed E-state index contributed by atoms with van der Waals surface area (Å²) >= 11 is 0. The summed E-state index contributed by atoms with van der Waals surface area (Å²) in [6, 6.07) is 8.60. The summed E-state index contributed by atoms with van der Waals surface area (Å²) in [5, 5.41) is 12.9. The third-order valence-electron chi connectivity index (χ3n) is 2.72. The molecule has 0 atom stereocenters. The van der Waals surface area contributed by atoms with Crippen LogP contribution in [0, 0.1) is 21.7 Å². The van der Waals surface area contributed by atoms with Gasteiger partial charge in [-0.2, -0.15) is 0 Å². The van der Waals surface area contributed by atoms with Gasteiger partial charge < -0.3 is 5.32 Å². The lowest BCUT2D eigenvalue weighted by atomic mass is 10.2. The van der Waals surface area contributed by atoms with Crippen molar-refractivity contribution in [2.24, 2.45) is 0 Å². The van der Waals surface area contributed by atoms with Gasteiger partial charge in [-0.25, -0.2) is 8.78 Å². The Morgan fingerprint density at radius 1 is 1.09 bits per heavy atom. The van der Waals surface area contributed by atoms with Crippen LogP contribution in [0.4, 0.5) is 20.2 Å². The molecule has 1 amide bonds. The number of nitrogens with one attached hydrogen (secondary N) is 1. The van der Waals surface area contributed by atoms with Gasteiger partial charge in [0.25, 0.3) is 5.69 Å². The van der Waals surface area contributed by atoms with Gasteiger partial charge in [0.05, 0.1) is 4.92 Å². The number of nitrogens with zero attached hydrogens (tertiary/aromatic N) is 1. The van der Waals surface area contributed by atoms with Crippen molar-refractivity contribution in [2.75, 3.05) is 5.32 Å². The number of carbonyl (C=O) groups is 1. The Hall–Kier alpha value is -3.09. The second-order valence-corrected chi connectivity index (χ2v) is 4.30. The number of hydrogen-bond donors (Lipinski definition) is 1. The maximum absolute atomic E-state index is 13.0. The SMILES string of the molecule is O=C(/C=C/c1ccc([N+](=O)[O-])cc1)Nc1ccc(F)c(F)c1. The topological polar surface area (TPSA) is 72.2 Å². The molecule has 2 aromatic rings. The zero-order valence-electron chi connectivity index (χ0n) is 11.1. The third kappa shape index (κ3) is 3.95. The average Bonchev–Trinajstić information content (AvgIpc) is 2.49. The maximum Gasteiger partial charge on any atom is 0.269 e. The van der Waals surface area contributed by atoms with E-state index in [0.717, 1.165) is 12.1 Å². The molecule has 1 N–H and O–H groups in total. The van der Waals surface area contributed by atoms with Crippen LogP contribution < -0.4 is 5.32 Å². The summed E-state index contributed by atoms with van der Waals surface area (Å²) in [6.45, 7) is 0. The normalized spacial score (nSPS) is 10.6. The predicted octanol–water partition coefficient (Wildman–Crippen LogP) is 3.52. The molecule has 0 heterocycles. The van der Waals surface area contributed by atoms with E-state index in [1.165, 1.54) is 42.5 Å². The van der Waals surface area contributed by atoms with E-state index in [0.29, 0.717) is 5.56 Å². The lowest BCUT2D eigenvalue weighted by Gasteiger charge is -2.02. The molecule has 5 nitrogen and oxygen atoms in total. The minimum absolute atomic E-state index is 0.0524. The number of nitro groups is 1. The highest BCUT2D eigenvalue weighted by molar-refractivity contribution is 6.01. The first-order valence-corrected chi connectivity index (χ1v) is 6.14. The first kappa shape index (κ1) is 15.3. The molecule has 0 saturated carbocycles. The van der Waals surface area contributed by atoms with E-state index in [1.807, 2.05) is 0 Å². The van der Waals surface area contributed by atoms with Gasteiger partial charge in [0.2, 0.25) is 5.91 Å². The molecule has 0 saturated heterocycles. The van der Waals surface area contributed by atoms with E-state index in [-0.39, 0.29) is 11.4 Å². The highest BCUT2D eigenvalue weighted by Crippen LogP contribution is 2.14. The number of anilines is 1. The summed E-state index contributed by atoms with van der Waals surface area (Å²) in [5.74, 6) is -2.60. The molecule has 22 heavy (non-hydrogen) atoms. The van der Waals surface area contributed by atoms with Crippen LogP contribution in [0.3, 0.4) is 0 Å². The van der Waals surface area contributed by atoms with Crippen LogP contribution in [-0.2, 0) is 4.79 Å². The fourth-order valence-electron chi connectivity index (χ4n) is 1.64. The van der Waals surface area contributed by atoms with E-state index in [1.54, 1.807) is 0 Å². The minimum Gasteiger partial charge on any atom is -0.322 e. The Balaban J connectivity index is 2.01. The predicted molar refractivity (Wildman–Crippen MR) is 77.1 cm³/mol. The van der Waals surface area contributed by atoms with Crippen LogP contribution in [-0.4, -0.2) is 10.8 Å². The quantitative estimate of drug-likeness (QED) is 0.533. The lowest BCUT2D eigenvalue weighted by Crippen LogP contribution is -2.08. The summed E-state index contributed by atoms with van der Waals surface area (Å²) in [5.41, 5.74) is 0.659. The highest BCUT2D eigenvalue weighted by atomic mass is 19.2. The average molecular weight is 304 g/mol. The molecule has 0 aliphatic heterocycles. The van der Waals surface area contributed by atoms with Gasteiger partial charge in [0, 0.05) is 30.0 Å². The van der Waals surface area contributed by atoms with Crippen molar-refractivity contribution in [3.63, 3.8) is 0 Å². The Bertz CT molecular complexity index is 743. The number of nitro benzene ring substituents is 1. The molecular formula is C15H10F2N2O3. The second-order valence-electron chi connectivity index (χ2n) is 4.30. The smallest absolute Gasteiger partial charge is 0.269 e. The van der Waals surface area contributed by atoms with Crippen LogP contribution in [0.15, 0.2) is 48.5 Å². The first-order chi connectivity index (χ1) is 10.5. The van der Waals surface area contributed by atoms with Gasteiger partial charge >= 0.3 is 0 Å². The fourth-order valence-corrected chi connectivity index (χ4v) is 1.64. The Labute approximate surface area is 124 Å². The molecule has 0 unspecified atom stereocenters. The maximum atomic E-state index is 13.0. The van der Waals surface area contributed by atoms with Gasteiger partial charge in [0.15, 0.2) is 11.6 Å². The van der Waals surface area contributed by atoms with E-state index in [9.17, 15) is 23.7 Å². The zero-order chi connectivity index (χ0) is 16.1.